The van der Waals surface area contributed by atoms with E-state index in [0.717, 1.165) is 58.1 Å². The van der Waals surface area contributed by atoms with Crippen LogP contribution in [0.2, 0.25) is 0 Å². The molecule has 3 aliphatic rings. The van der Waals surface area contributed by atoms with Crippen molar-refractivity contribution in [1.29, 1.82) is 0 Å². The lowest BCUT2D eigenvalue weighted by Gasteiger charge is -2.33. The summed E-state index contributed by atoms with van der Waals surface area (Å²) in [5, 5.41) is 0. The van der Waals surface area contributed by atoms with E-state index in [1.165, 1.54) is 5.69 Å². The smallest absolute Gasteiger partial charge is 0.228 e. The van der Waals surface area contributed by atoms with Crippen molar-refractivity contribution in [2.45, 2.75) is 26.1 Å². The summed E-state index contributed by atoms with van der Waals surface area (Å²) in [5.41, 5.74) is 1.28. The number of ether oxygens (including phenoxy) is 1. The molecule has 0 spiro atoms. The third-order valence-electron chi connectivity index (χ3n) is 5.52. The molecular weight excluding hydrogens is 306 g/mol. The number of rotatable bonds is 3. The van der Waals surface area contributed by atoms with Crippen molar-refractivity contribution in [1.82, 2.24) is 24.3 Å². The van der Waals surface area contributed by atoms with Gasteiger partial charge in [-0.2, -0.15) is 0 Å². The highest BCUT2D eigenvalue weighted by Gasteiger charge is 2.31. The number of likely N-dealkylation sites (N-methyl/N-ethyl adjacent to an activating group) is 1. The lowest BCUT2D eigenvalue weighted by Crippen LogP contribution is -2.45. The number of aromatic nitrogens is 2. The van der Waals surface area contributed by atoms with E-state index in [9.17, 15) is 4.79 Å². The second-order valence-electron chi connectivity index (χ2n) is 7.22. The van der Waals surface area contributed by atoms with Gasteiger partial charge in [-0.05, 0) is 13.5 Å². The maximum atomic E-state index is 12.6. The Labute approximate surface area is 143 Å². The van der Waals surface area contributed by atoms with Gasteiger partial charge in [0.2, 0.25) is 5.91 Å². The van der Waals surface area contributed by atoms with Gasteiger partial charge in [0.1, 0.15) is 5.82 Å². The van der Waals surface area contributed by atoms with Crippen LogP contribution in [-0.4, -0.2) is 83.1 Å². The topological polar surface area (TPSA) is 53.8 Å². The maximum Gasteiger partial charge on any atom is 0.228 e. The normalized spacial score (nSPS) is 25.9. The van der Waals surface area contributed by atoms with E-state index in [1.54, 1.807) is 0 Å². The Morgan fingerprint density at radius 2 is 2.08 bits per heavy atom. The summed E-state index contributed by atoms with van der Waals surface area (Å²) < 4.78 is 7.67. The fraction of sp³-hybridized carbons (Fsp3) is 0.765. The predicted octanol–water partition coefficient (Wildman–Crippen LogP) is 0.00920. The molecule has 0 aliphatic carbocycles. The van der Waals surface area contributed by atoms with E-state index in [-0.39, 0.29) is 11.8 Å². The molecule has 1 aromatic rings. The second kappa shape index (κ2) is 6.82. The molecule has 7 heteroatoms. The Hall–Kier alpha value is -1.44. The van der Waals surface area contributed by atoms with E-state index in [0.29, 0.717) is 19.8 Å². The third kappa shape index (κ3) is 3.20. The maximum absolute atomic E-state index is 12.6. The van der Waals surface area contributed by atoms with Crippen molar-refractivity contribution in [2.75, 3.05) is 53.0 Å². The van der Waals surface area contributed by atoms with Crippen LogP contribution in [0.1, 0.15) is 17.9 Å². The Kier molecular flexibility index (Phi) is 4.56. The van der Waals surface area contributed by atoms with E-state index in [1.807, 2.05) is 11.1 Å². The predicted molar refractivity (Wildman–Crippen MR) is 89.3 cm³/mol. The molecule has 1 atom stereocenters. The zero-order chi connectivity index (χ0) is 16.5. The largest absolute Gasteiger partial charge is 0.381 e. The van der Waals surface area contributed by atoms with Crippen LogP contribution in [0, 0.1) is 5.92 Å². The number of hydrogen-bond acceptors (Lipinski definition) is 5. The Bertz CT molecular complexity index is 588. The summed E-state index contributed by atoms with van der Waals surface area (Å²) in [6, 6.07) is 0. The molecule has 0 bridgehead atoms. The fourth-order valence-electron chi connectivity index (χ4n) is 3.86. The first-order chi connectivity index (χ1) is 11.7. The molecule has 0 radical (unpaired) electrons. The molecule has 7 nitrogen and oxygen atoms in total. The standard InChI is InChI=1S/C17H27N5O2/c1-19-3-5-20(6-4-19)11-15-10-18-16-12-21(7-8-22(15)16)17(23)14-2-9-24-13-14/h10,14H,2-9,11-13H2,1H3. The second-order valence-corrected chi connectivity index (χ2v) is 7.22. The number of carbonyl (C=O) groups excluding carboxylic acids is 1. The van der Waals surface area contributed by atoms with Gasteiger partial charge < -0.3 is 19.1 Å². The third-order valence-corrected chi connectivity index (χ3v) is 5.52. The molecular formula is C17H27N5O2. The molecule has 132 valence electrons. The van der Waals surface area contributed by atoms with Crippen molar-refractivity contribution >= 4 is 5.91 Å². The molecule has 1 unspecified atom stereocenters. The van der Waals surface area contributed by atoms with E-state index in [2.05, 4.69) is 26.4 Å². The van der Waals surface area contributed by atoms with Crippen molar-refractivity contribution in [3.63, 3.8) is 0 Å². The number of carbonyl (C=O) groups is 1. The highest BCUT2D eigenvalue weighted by Crippen LogP contribution is 2.21. The summed E-state index contributed by atoms with van der Waals surface area (Å²) in [7, 11) is 2.18. The summed E-state index contributed by atoms with van der Waals surface area (Å²) in [4.78, 5) is 24.0. The van der Waals surface area contributed by atoms with Crippen LogP contribution in [0.3, 0.4) is 0 Å². The molecule has 4 rings (SSSR count). The number of hydrogen-bond donors (Lipinski definition) is 0. The number of imidazole rings is 1. The lowest BCUT2D eigenvalue weighted by atomic mass is 10.1. The molecule has 2 fully saturated rings. The van der Waals surface area contributed by atoms with Gasteiger partial charge in [0, 0.05) is 58.6 Å². The van der Waals surface area contributed by atoms with E-state index < -0.39 is 0 Å². The molecule has 1 amide bonds. The minimum atomic E-state index is 0.0522. The molecule has 4 heterocycles. The van der Waals surface area contributed by atoms with Gasteiger partial charge in [0.05, 0.1) is 24.8 Å². The van der Waals surface area contributed by atoms with E-state index in [4.69, 9.17) is 4.74 Å². The van der Waals surface area contributed by atoms with Gasteiger partial charge in [-0.15, -0.1) is 0 Å². The first kappa shape index (κ1) is 16.1. The van der Waals surface area contributed by atoms with Crippen LogP contribution in [0.4, 0.5) is 0 Å². The van der Waals surface area contributed by atoms with E-state index >= 15 is 0 Å². The van der Waals surface area contributed by atoms with Crippen LogP contribution in [0.15, 0.2) is 6.20 Å². The molecule has 0 saturated carbocycles. The lowest BCUT2D eigenvalue weighted by molar-refractivity contribution is -0.137. The Morgan fingerprint density at radius 3 is 2.83 bits per heavy atom. The number of fused-ring (bicyclic) bond motifs is 1. The van der Waals surface area contributed by atoms with Crippen molar-refractivity contribution < 1.29 is 9.53 Å². The van der Waals surface area contributed by atoms with Crippen LogP contribution in [0.5, 0.6) is 0 Å². The van der Waals surface area contributed by atoms with Crippen molar-refractivity contribution in [2.24, 2.45) is 5.92 Å². The van der Waals surface area contributed by atoms with Crippen LogP contribution < -0.4 is 0 Å². The molecule has 3 aliphatic heterocycles. The minimum Gasteiger partial charge on any atom is -0.381 e. The molecule has 1 aromatic heterocycles. The van der Waals surface area contributed by atoms with Gasteiger partial charge >= 0.3 is 0 Å². The molecule has 24 heavy (non-hydrogen) atoms. The van der Waals surface area contributed by atoms with Crippen LogP contribution >= 0.6 is 0 Å². The van der Waals surface area contributed by atoms with Crippen molar-refractivity contribution in [3.8, 4) is 0 Å². The van der Waals surface area contributed by atoms with Gasteiger partial charge in [-0.3, -0.25) is 9.69 Å². The summed E-state index contributed by atoms with van der Waals surface area (Å²) in [6.07, 6.45) is 2.86. The zero-order valence-corrected chi connectivity index (χ0v) is 14.5. The van der Waals surface area contributed by atoms with Gasteiger partial charge in [0.15, 0.2) is 0 Å². The molecule has 0 aromatic carbocycles. The van der Waals surface area contributed by atoms with Gasteiger partial charge in [0.25, 0.3) is 0 Å². The first-order valence-electron chi connectivity index (χ1n) is 9.01. The Morgan fingerprint density at radius 1 is 1.25 bits per heavy atom. The van der Waals surface area contributed by atoms with Gasteiger partial charge in [-0.1, -0.05) is 0 Å². The number of nitrogens with zero attached hydrogens (tertiary/aromatic N) is 5. The SMILES string of the molecule is CN1CCN(Cc2cnc3n2CCN(C(=O)C2CCOC2)C3)CC1. The average molecular weight is 333 g/mol. The number of piperazine rings is 1. The number of amides is 1. The highest BCUT2D eigenvalue weighted by molar-refractivity contribution is 5.79. The highest BCUT2D eigenvalue weighted by atomic mass is 16.5. The first-order valence-corrected chi connectivity index (χ1v) is 9.01. The minimum absolute atomic E-state index is 0.0522. The van der Waals surface area contributed by atoms with Gasteiger partial charge in [-0.25, -0.2) is 4.98 Å². The van der Waals surface area contributed by atoms with Crippen molar-refractivity contribution in [3.05, 3.63) is 17.7 Å². The zero-order valence-electron chi connectivity index (χ0n) is 14.5. The van der Waals surface area contributed by atoms with Crippen LogP contribution in [-0.2, 0) is 29.2 Å². The molecule has 0 N–H and O–H groups in total. The Balaban J connectivity index is 1.39. The summed E-state index contributed by atoms with van der Waals surface area (Å²) in [6.45, 7) is 9.04. The van der Waals surface area contributed by atoms with Crippen LogP contribution in [0.25, 0.3) is 0 Å². The average Bonchev–Trinajstić information content (AvgIpc) is 3.26. The quantitative estimate of drug-likeness (QED) is 0.780. The molecule has 2 saturated heterocycles. The monoisotopic (exact) mass is 333 g/mol. The fourth-order valence-corrected chi connectivity index (χ4v) is 3.86. The summed E-state index contributed by atoms with van der Waals surface area (Å²) >= 11 is 0. The summed E-state index contributed by atoms with van der Waals surface area (Å²) in [5.74, 6) is 1.32.